The molecule has 2 heterocycles. The van der Waals surface area contributed by atoms with E-state index in [1.807, 2.05) is 0 Å². The topological polar surface area (TPSA) is 82.2 Å². The molecule has 0 aliphatic rings. The Morgan fingerprint density at radius 1 is 1.15 bits per heavy atom. The minimum Gasteiger partial charge on any atom is -0.477 e. The summed E-state index contributed by atoms with van der Waals surface area (Å²) in [7, 11) is 0. The molecule has 0 atom stereocenters. The Kier molecular flexibility index (Phi) is 3.90. The summed E-state index contributed by atoms with van der Waals surface area (Å²) in [6.45, 7) is 0. The first-order chi connectivity index (χ1) is 12.4. The molecule has 26 heavy (non-hydrogen) atoms. The summed E-state index contributed by atoms with van der Waals surface area (Å²) in [4.78, 5) is 26.7. The van der Waals surface area contributed by atoms with Gasteiger partial charge in [-0.2, -0.15) is 0 Å². The van der Waals surface area contributed by atoms with Crippen molar-refractivity contribution in [2.45, 2.75) is 0 Å². The number of fused-ring (bicyclic) bond motifs is 2. The van der Waals surface area contributed by atoms with Crippen LogP contribution < -0.4 is 5.32 Å². The molecule has 1 amide bonds. The molecule has 0 saturated carbocycles. The number of carbonyl (C=O) groups excluding carboxylic acids is 1. The molecule has 0 spiro atoms. The predicted molar refractivity (Wildman–Crippen MR) is 100 cm³/mol. The van der Waals surface area contributed by atoms with Crippen LogP contribution in [0, 0.1) is 5.82 Å². The van der Waals surface area contributed by atoms with Gasteiger partial charge in [-0.15, -0.1) is 11.3 Å². The fourth-order valence-corrected chi connectivity index (χ4v) is 3.88. The van der Waals surface area contributed by atoms with Gasteiger partial charge in [0.15, 0.2) is 0 Å². The normalized spacial score (nSPS) is 11.2. The Bertz CT molecular complexity index is 1200. The number of hydrogen-bond donors (Lipinski definition) is 3. The molecule has 4 aromatic rings. The Morgan fingerprint density at radius 3 is 2.73 bits per heavy atom. The van der Waals surface area contributed by atoms with Crippen LogP contribution in [0.3, 0.4) is 0 Å². The van der Waals surface area contributed by atoms with Gasteiger partial charge in [0.05, 0.1) is 5.02 Å². The molecule has 8 heteroatoms. The summed E-state index contributed by atoms with van der Waals surface area (Å²) in [5, 5.41) is 13.1. The lowest BCUT2D eigenvalue weighted by atomic mass is 10.2. The van der Waals surface area contributed by atoms with Crippen LogP contribution in [0.5, 0.6) is 0 Å². The van der Waals surface area contributed by atoms with Gasteiger partial charge in [0.1, 0.15) is 16.4 Å². The van der Waals surface area contributed by atoms with Crippen molar-refractivity contribution in [3.05, 3.63) is 63.9 Å². The van der Waals surface area contributed by atoms with Crippen LogP contribution in [0.1, 0.15) is 20.2 Å². The number of aromatic carboxylic acids is 1. The number of carboxylic acids is 1. The maximum atomic E-state index is 13.4. The number of rotatable bonds is 3. The summed E-state index contributed by atoms with van der Waals surface area (Å²) in [6.07, 6.45) is 0. The molecule has 0 unspecified atom stereocenters. The SMILES string of the molecule is O=C(O)c1cc2cc(NC(=O)c3[nH]c4ccc(F)cc4c3Cl)ccc2s1. The molecule has 5 nitrogen and oxygen atoms in total. The molecule has 0 radical (unpaired) electrons. The van der Waals surface area contributed by atoms with E-state index in [2.05, 4.69) is 10.3 Å². The second-order valence-corrected chi connectivity index (χ2v) is 7.09. The highest BCUT2D eigenvalue weighted by Gasteiger charge is 2.17. The maximum Gasteiger partial charge on any atom is 0.345 e. The van der Waals surface area contributed by atoms with Gasteiger partial charge in [0.2, 0.25) is 0 Å². The third-order valence-corrected chi connectivity index (χ3v) is 5.41. The number of carboxylic acid groups (broad SMARTS) is 1. The average molecular weight is 389 g/mol. The number of halogens is 2. The van der Waals surface area contributed by atoms with E-state index in [-0.39, 0.29) is 15.6 Å². The van der Waals surface area contributed by atoms with E-state index in [0.29, 0.717) is 16.6 Å². The van der Waals surface area contributed by atoms with Crippen LogP contribution in [0.4, 0.5) is 10.1 Å². The second-order valence-electron chi connectivity index (χ2n) is 5.63. The van der Waals surface area contributed by atoms with E-state index >= 15 is 0 Å². The van der Waals surface area contributed by atoms with Gasteiger partial charge in [0.25, 0.3) is 5.91 Å². The van der Waals surface area contributed by atoms with Crippen LogP contribution in [0.2, 0.25) is 5.02 Å². The number of nitrogens with one attached hydrogen (secondary N) is 2. The van der Waals surface area contributed by atoms with Crippen LogP contribution in [-0.2, 0) is 0 Å². The summed E-state index contributed by atoms with van der Waals surface area (Å²) >= 11 is 7.36. The lowest BCUT2D eigenvalue weighted by Gasteiger charge is -2.04. The standard InChI is InChI=1S/C18H10ClFN2O3S/c19-15-11-7-9(20)1-3-12(11)22-16(15)17(23)21-10-2-4-13-8(5-10)6-14(26-13)18(24)25/h1-7,22H,(H,21,23)(H,24,25). The minimum absolute atomic E-state index is 0.129. The number of thiophene rings is 1. The summed E-state index contributed by atoms with van der Waals surface area (Å²) < 4.78 is 14.2. The zero-order chi connectivity index (χ0) is 18.4. The third-order valence-electron chi connectivity index (χ3n) is 3.91. The van der Waals surface area contributed by atoms with E-state index in [1.54, 1.807) is 24.3 Å². The molecule has 3 N–H and O–H groups in total. The minimum atomic E-state index is -0.992. The lowest BCUT2D eigenvalue weighted by molar-refractivity contribution is 0.0702. The van der Waals surface area contributed by atoms with Gasteiger partial charge < -0.3 is 15.4 Å². The Balaban J connectivity index is 1.66. The number of H-pyrrole nitrogens is 1. The van der Waals surface area contributed by atoms with Crippen molar-refractivity contribution in [1.82, 2.24) is 4.98 Å². The van der Waals surface area contributed by atoms with Gasteiger partial charge in [-0.3, -0.25) is 4.79 Å². The quantitative estimate of drug-likeness (QED) is 0.455. The molecule has 0 aliphatic carbocycles. The second kappa shape index (κ2) is 6.12. The summed E-state index contributed by atoms with van der Waals surface area (Å²) in [5.74, 6) is -1.91. The predicted octanol–water partition coefficient (Wildman–Crippen LogP) is 5.13. The first-order valence-electron chi connectivity index (χ1n) is 7.47. The van der Waals surface area contributed by atoms with Crippen molar-refractivity contribution in [3.8, 4) is 0 Å². The Labute approximate surface area is 155 Å². The molecule has 0 bridgehead atoms. The van der Waals surface area contributed by atoms with Gasteiger partial charge >= 0.3 is 5.97 Å². The van der Waals surface area contributed by atoms with Gasteiger partial charge in [-0.05, 0) is 47.9 Å². The summed E-state index contributed by atoms with van der Waals surface area (Å²) in [5.41, 5.74) is 1.18. The zero-order valence-electron chi connectivity index (χ0n) is 13.0. The number of amides is 1. The maximum absolute atomic E-state index is 13.4. The Morgan fingerprint density at radius 2 is 1.96 bits per heavy atom. The van der Waals surface area contributed by atoms with Crippen LogP contribution in [0.25, 0.3) is 21.0 Å². The van der Waals surface area contributed by atoms with Gasteiger partial charge in [0, 0.05) is 21.3 Å². The molecular formula is C18H10ClFN2O3S. The van der Waals surface area contributed by atoms with Crippen molar-refractivity contribution in [2.24, 2.45) is 0 Å². The zero-order valence-corrected chi connectivity index (χ0v) is 14.5. The molecule has 4 rings (SSSR count). The van der Waals surface area contributed by atoms with Gasteiger partial charge in [-0.25, -0.2) is 9.18 Å². The molecule has 0 saturated heterocycles. The number of carbonyl (C=O) groups is 2. The lowest BCUT2D eigenvalue weighted by Crippen LogP contribution is -2.12. The van der Waals surface area contributed by atoms with Crippen LogP contribution in [-0.4, -0.2) is 22.0 Å². The fraction of sp³-hybridized carbons (Fsp3) is 0. The first-order valence-corrected chi connectivity index (χ1v) is 8.67. The van der Waals surface area contributed by atoms with Crippen LogP contribution in [0.15, 0.2) is 42.5 Å². The highest BCUT2D eigenvalue weighted by molar-refractivity contribution is 7.20. The number of aromatic nitrogens is 1. The molecule has 130 valence electrons. The van der Waals surface area contributed by atoms with E-state index in [4.69, 9.17) is 16.7 Å². The van der Waals surface area contributed by atoms with Crippen LogP contribution >= 0.6 is 22.9 Å². The number of anilines is 1. The third kappa shape index (κ3) is 2.81. The molecule has 2 aromatic heterocycles. The smallest absolute Gasteiger partial charge is 0.345 e. The average Bonchev–Trinajstić information content (AvgIpc) is 3.16. The highest BCUT2D eigenvalue weighted by atomic mass is 35.5. The number of aromatic amines is 1. The Hall–Kier alpha value is -2.90. The van der Waals surface area contributed by atoms with Crippen molar-refractivity contribution in [3.63, 3.8) is 0 Å². The van der Waals surface area contributed by atoms with Gasteiger partial charge in [-0.1, -0.05) is 11.6 Å². The first kappa shape index (κ1) is 16.6. The van der Waals surface area contributed by atoms with Crippen molar-refractivity contribution >= 4 is 61.5 Å². The molecule has 0 aliphatic heterocycles. The largest absolute Gasteiger partial charge is 0.477 e. The monoisotopic (exact) mass is 388 g/mol. The number of hydrogen-bond acceptors (Lipinski definition) is 3. The highest BCUT2D eigenvalue weighted by Crippen LogP contribution is 2.30. The summed E-state index contributed by atoms with van der Waals surface area (Å²) in [6, 6.07) is 10.7. The number of benzene rings is 2. The van der Waals surface area contributed by atoms with E-state index in [9.17, 15) is 14.0 Å². The van der Waals surface area contributed by atoms with Crippen molar-refractivity contribution in [2.75, 3.05) is 5.32 Å². The van der Waals surface area contributed by atoms with E-state index in [1.165, 1.54) is 18.2 Å². The molecule has 0 fully saturated rings. The fourth-order valence-electron chi connectivity index (χ4n) is 2.71. The van der Waals surface area contributed by atoms with Crippen molar-refractivity contribution < 1.29 is 19.1 Å². The van der Waals surface area contributed by atoms with Crippen molar-refractivity contribution in [1.29, 1.82) is 0 Å². The molecular weight excluding hydrogens is 379 g/mol. The molecule has 2 aromatic carbocycles. The van der Waals surface area contributed by atoms with E-state index in [0.717, 1.165) is 21.4 Å². The van der Waals surface area contributed by atoms with E-state index < -0.39 is 17.7 Å².